The number of halogens is 1. The van der Waals surface area contributed by atoms with E-state index in [1.165, 1.54) is 6.26 Å². The molecule has 5 heteroatoms. The molecule has 0 aliphatic carbocycles. The first-order valence-electron chi connectivity index (χ1n) is 3.95. The van der Waals surface area contributed by atoms with Gasteiger partial charge in [0.05, 0.1) is 10.4 Å². The Morgan fingerprint density at radius 2 is 2.07 bits per heavy atom. The number of aromatic amines is 1. The lowest BCUT2D eigenvalue weighted by Crippen LogP contribution is -1.98. The fourth-order valence-electron chi connectivity index (χ4n) is 1.40. The molecule has 1 heterocycles. The highest BCUT2D eigenvalue weighted by atomic mass is 79.9. The molecule has 0 saturated carbocycles. The van der Waals surface area contributed by atoms with Crippen molar-refractivity contribution in [2.24, 2.45) is 0 Å². The maximum Gasteiger partial charge on any atom is 0.177 e. The van der Waals surface area contributed by atoms with Gasteiger partial charge >= 0.3 is 0 Å². The van der Waals surface area contributed by atoms with Gasteiger partial charge in [-0.05, 0) is 18.2 Å². The van der Waals surface area contributed by atoms with Gasteiger partial charge in [0.1, 0.15) is 0 Å². The van der Waals surface area contributed by atoms with E-state index in [-0.39, 0.29) is 0 Å². The zero-order valence-electron chi connectivity index (χ0n) is 7.41. The Balaban J connectivity index is 2.94. The van der Waals surface area contributed by atoms with Crippen molar-refractivity contribution in [2.75, 3.05) is 6.26 Å². The molecule has 0 fully saturated rings. The maximum atomic E-state index is 11.5. The van der Waals surface area contributed by atoms with E-state index < -0.39 is 9.84 Å². The molecule has 14 heavy (non-hydrogen) atoms. The molecule has 1 aromatic carbocycles. The van der Waals surface area contributed by atoms with E-state index >= 15 is 0 Å². The Hall–Kier alpha value is -0.810. The molecule has 0 aliphatic rings. The van der Waals surface area contributed by atoms with Gasteiger partial charge in [0.2, 0.25) is 0 Å². The van der Waals surface area contributed by atoms with Crippen LogP contribution in [-0.4, -0.2) is 19.7 Å². The van der Waals surface area contributed by atoms with E-state index in [2.05, 4.69) is 20.9 Å². The summed E-state index contributed by atoms with van der Waals surface area (Å²) < 4.78 is 23.7. The van der Waals surface area contributed by atoms with E-state index in [1.54, 1.807) is 12.3 Å². The number of benzene rings is 1. The molecule has 0 amide bonds. The summed E-state index contributed by atoms with van der Waals surface area (Å²) in [4.78, 5) is 3.25. The van der Waals surface area contributed by atoms with E-state index in [4.69, 9.17) is 0 Å². The van der Waals surface area contributed by atoms with Crippen LogP contribution in [0.3, 0.4) is 0 Å². The highest BCUT2D eigenvalue weighted by Crippen LogP contribution is 2.26. The molecular formula is C9H8BrNO2S. The highest BCUT2D eigenvalue weighted by Gasteiger charge is 2.13. The van der Waals surface area contributed by atoms with Crippen molar-refractivity contribution < 1.29 is 8.42 Å². The Kier molecular flexibility index (Phi) is 2.16. The van der Waals surface area contributed by atoms with Gasteiger partial charge in [0, 0.05) is 22.3 Å². The number of hydrogen-bond donors (Lipinski definition) is 1. The largest absolute Gasteiger partial charge is 0.360 e. The van der Waals surface area contributed by atoms with Crippen molar-refractivity contribution in [1.82, 2.24) is 4.98 Å². The molecule has 0 unspecified atom stereocenters. The second-order valence-corrected chi connectivity index (χ2v) is 6.02. The van der Waals surface area contributed by atoms with E-state index in [0.29, 0.717) is 10.4 Å². The molecule has 0 spiro atoms. The summed E-state index contributed by atoms with van der Waals surface area (Å²) in [6.07, 6.45) is 2.93. The van der Waals surface area contributed by atoms with Crippen molar-refractivity contribution >= 4 is 36.7 Å². The molecule has 1 aromatic heterocycles. The van der Waals surface area contributed by atoms with Gasteiger partial charge in [-0.3, -0.25) is 0 Å². The minimum atomic E-state index is -3.18. The zero-order valence-corrected chi connectivity index (χ0v) is 9.81. The van der Waals surface area contributed by atoms with Crippen molar-refractivity contribution in [2.45, 2.75) is 4.90 Å². The van der Waals surface area contributed by atoms with Gasteiger partial charge < -0.3 is 4.98 Å². The van der Waals surface area contributed by atoms with Crippen molar-refractivity contribution in [3.63, 3.8) is 0 Å². The Morgan fingerprint density at radius 1 is 1.36 bits per heavy atom. The molecular weight excluding hydrogens is 266 g/mol. The van der Waals surface area contributed by atoms with Crippen molar-refractivity contribution in [3.8, 4) is 0 Å². The fraction of sp³-hybridized carbons (Fsp3) is 0.111. The summed E-state index contributed by atoms with van der Waals surface area (Å²) >= 11 is 3.28. The predicted molar refractivity (Wildman–Crippen MR) is 59.1 cm³/mol. The summed E-state index contributed by atoms with van der Waals surface area (Å²) in [5.41, 5.74) is 0.663. The molecule has 2 aromatic rings. The number of hydrogen-bond acceptors (Lipinski definition) is 2. The minimum Gasteiger partial charge on any atom is -0.360 e. The second kappa shape index (κ2) is 3.10. The molecule has 0 bridgehead atoms. The van der Waals surface area contributed by atoms with Crippen LogP contribution >= 0.6 is 15.9 Å². The fourth-order valence-corrected chi connectivity index (χ4v) is 2.91. The van der Waals surface area contributed by atoms with Crippen LogP contribution in [0.1, 0.15) is 0 Å². The van der Waals surface area contributed by atoms with Crippen molar-refractivity contribution in [1.29, 1.82) is 0 Å². The summed E-state index contributed by atoms with van der Waals surface area (Å²) in [5.74, 6) is 0. The maximum absolute atomic E-state index is 11.5. The lowest BCUT2D eigenvalue weighted by molar-refractivity contribution is 0.602. The van der Waals surface area contributed by atoms with Crippen LogP contribution in [-0.2, 0) is 9.84 Å². The van der Waals surface area contributed by atoms with Gasteiger partial charge in [-0.15, -0.1) is 0 Å². The molecule has 74 valence electrons. The Morgan fingerprint density at radius 3 is 2.71 bits per heavy atom. The summed E-state index contributed by atoms with van der Waals surface area (Å²) in [5, 5.41) is 0.889. The van der Waals surface area contributed by atoms with Crippen LogP contribution in [0.2, 0.25) is 0 Å². The van der Waals surface area contributed by atoms with E-state index in [1.807, 2.05) is 12.1 Å². The van der Waals surface area contributed by atoms with Gasteiger partial charge in [-0.1, -0.05) is 15.9 Å². The molecule has 0 saturated heterocycles. The lowest BCUT2D eigenvalue weighted by Gasteiger charge is -2.01. The highest BCUT2D eigenvalue weighted by molar-refractivity contribution is 9.10. The van der Waals surface area contributed by atoms with Gasteiger partial charge in [-0.2, -0.15) is 0 Å². The molecule has 0 aliphatic heterocycles. The SMILES string of the molecule is CS(=O)(=O)c1cc(Br)cc2cc[nH]c12. The molecule has 0 radical (unpaired) electrons. The van der Waals surface area contributed by atoms with Crippen LogP contribution in [0.15, 0.2) is 33.8 Å². The smallest absolute Gasteiger partial charge is 0.177 e. The first-order chi connectivity index (χ1) is 6.48. The molecule has 0 atom stereocenters. The third kappa shape index (κ3) is 1.57. The van der Waals surface area contributed by atoms with Gasteiger partial charge in [0.15, 0.2) is 9.84 Å². The van der Waals surface area contributed by atoms with Crippen molar-refractivity contribution in [3.05, 3.63) is 28.9 Å². The summed E-state index contributed by atoms with van der Waals surface area (Å²) in [7, 11) is -3.18. The summed E-state index contributed by atoms with van der Waals surface area (Å²) in [6, 6.07) is 5.32. The zero-order chi connectivity index (χ0) is 10.3. The lowest BCUT2D eigenvalue weighted by atomic mass is 10.2. The third-order valence-electron chi connectivity index (χ3n) is 1.99. The monoisotopic (exact) mass is 273 g/mol. The molecule has 1 N–H and O–H groups in total. The van der Waals surface area contributed by atoms with Crippen LogP contribution in [0.25, 0.3) is 10.9 Å². The summed E-state index contributed by atoms with van der Waals surface area (Å²) in [6.45, 7) is 0. The standard InChI is InChI=1S/C9H8BrNO2S/c1-14(12,13)8-5-7(10)4-6-2-3-11-9(6)8/h2-5,11H,1H3. The Labute approximate surface area is 90.2 Å². The third-order valence-corrected chi connectivity index (χ3v) is 3.57. The topological polar surface area (TPSA) is 49.9 Å². The second-order valence-electron chi connectivity index (χ2n) is 3.12. The van der Waals surface area contributed by atoms with Crippen LogP contribution in [0.5, 0.6) is 0 Å². The number of aromatic nitrogens is 1. The first kappa shape index (κ1) is 9.73. The number of sulfone groups is 1. The predicted octanol–water partition coefficient (Wildman–Crippen LogP) is 2.33. The van der Waals surface area contributed by atoms with Gasteiger partial charge in [-0.25, -0.2) is 8.42 Å². The number of fused-ring (bicyclic) bond motifs is 1. The van der Waals surface area contributed by atoms with Crippen LogP contribution in [0, 0.1) is 0 Å². The average Bonchev–Trinajstić information content (AvgIpc) is 2.47. The van der Waals surface area contributed by atoms with Crippen LogP contribution in [0.4, 0.5) is 0 Å². The first-order valence-corrected chi connectivity index (χ1v) is 6.63. The normalized spacial score (nSPS) is 12.1. The van der Waals surface area contributed by atoms with Gasteiger partial charge in [0.25, 0.3) is 0 Å². The number of rotatable bonds is 1. The van der Waals surface area contributed by atoms with E-state index in [0.717, 1.165) is 9.86 Å². The quantitative estimate of drug-likeness (QED) is 0.867. The van der Waals surface area contributed by atoms with Crippen LogP contribution < -0.4 is 0 Å². The average molecular weight is 274 g/mol. The number of H-pyrrole nitrogens is 1. The minimum absolute atomic E-state index is 0.326. The number of nitrogens with one attached hydrogen (secondary N) is 1. The molecule has 3 nitrogen and oxygen atoms in total. The van der Waals surface area contributed by atoms with E-state index in [9.17, 15) is 8.42 Å². The molecule has 2 rings (SSSR count). The Bertz CT molecular complexity index is 586.